The van der Waals surface area contributed by atoms with Crippen molar-refractivity contribution in [2.24, 2.45) is 11.8 Å². The van der Waals surface area contributed by atoms with Crippen molar-refractivity contribution in [3.63, 3.8) is 0 Å². The minimum atomic E-state index is 0.251. The van der Waals surface area contributed by atoms with Crippen LogP contribution < -0.4 is 5.32 Å². The SMILES string of the molecule is C[C@H](NC1CCCCCC1C#N)C1CCCC1. The van der Waals surface area contributed by atoms with Crippen LogP contribution in [0.15, 0.2) is 0 Å². The van der Waals surface area contributed by atoms with Gasteiger partial charge in [0, 0.05) is 12.1 Å². The lowest BCUT2D eigenvalue weighted by molar-refractivity contribution is 0.297. The third-order valence-electron chi connectivity index (χ3n) is 4.77. The van der Waals surface area contributed by atoms with Gasteiger partial charge in [0.15, 0.2) is 0 Å². The molecule has 0 aromatic rings. The van der Waals surface area contributed by atoms with Crippen molar-refractivity contribution in [3.05, 3.63) is 0 Å². The maximum Gasteiger partial charge on any atom is 0.0672 e. The van der Waals surface area contributed by atoms with E-state index in [0.29, 0.717) is 12.1 Å². The van der Waals surface area contributed by atoms with E-state index in [0.717, 1.165) is 12.3 Å². The first kappa shape index (κ1) is 12.9. The molecule has 2 fully saturated rings. The molecule has 0 heterocycles. The van der Waals surface area contributed by atoms with Crippen molar-refractivity contribution >= 4 is 0 Å². The molecule has 2 rings (SSSR count). The topological polar surface area (TPSA) is 35.8 Å². The van der Waals surface area contributed by atoms with E-state index in [4.69, 9.17) is 0 Å². The van der Waals surface area contributed by atoms with Crippen LogP contribution in [0, 0.1) is 23.2 Å². The van der Waals surface area contributed by atoms with Crippen molar-refractivity contribution in [2.45, 2.75) is 76.8 Å². The summed E-state index contributed by atoms with van der Waals surface area (Å²) in [6.45, 7) is 2.33. The molecular formula is C15H26N2. The van der Waals surface area contributed by atoms with Crippen LogP contribution in [0.25, 0.3) is 0 Å². The van der Waals surface area contributed by atoms with E-state index in [2.05, 4.69) is 18.3 Å². The first-order valence-electron chi connectivity index (χ1n) is 7.47. The highest BCUT2D eigenvalue weighted by Crippen LogP contribution is 2.29. The van der Waals surface area contributed by atoms with Crippen LogP contribution in [0.5, 0.6) is 0 Å². The zero-order valence-corrected chi connectivity index (χ0v) is 11.1. The standard InChI is InChI=1S/C15H26N2/c1-12(13-7-5-6-8-13)17-15-10-4-2-3-9-14(15)11-16/h12-15,17H,2-10H2,1H3/t12-,14?,15?/m0/s1. The average molecular weight is 234 g/mol. The maximum atomic E-state index is 9.27. The maximum absolute atomic E-state index is 9.27. The van der Waals surface area contributed by atoms with E-state index in [9.17, 15) is 5.26 Å². The normalized spacial score (nSPS) is 32.9. The molecule has 0 aromatic carbocycles. The zero-order chi connectivity index (χ0) is 12.1. The van der Waals surface area contributed by atoms with E-state index in [1.807, 2.05) is 0 Å². The molecule has 2 aliphatic rings. The van der Waals surface area contributed by atoms with Crippen molar-refractivity contribution in [2.75, 3.05) is 0 Å². The fraction of sp³-hybridized carbons (Fsp3) is 0.933. The summed E-state index contributed by atoms with van der Waals surface area (Å²) in [7, 11) is 0. The van der Waals surface area contributed by atoms with Gasteiger partial charge in [-0.15, -0.1) is 0 Å². The van der Waals surface area contributed by atoms with Gasteiger partial charge in [0.05, 0.1) is 12.0 Å². The fourth-order valence-electron chi connectivity index (χ4n) is 3.59. The van der Waals surface area contributed by atoms with Crippen molar-refractivity contribution in [1.29, 1.82) is 5.26 Å². The Kier molecular flexibility index (Phi) is 4.86. The van der Waals surface area contributed by atoms with E-state index in [-0.39, 0.29) is 5.92 Å². The second kappa shape index (κ2) is 6.40. The van der Waals surface area contributed by atoms with E-state index >= 15 is 0 Å². The Bertz CT molecular complexity index is 263. The molecule has 0 spiro atoms. The molecule has 0 bridgehead atoms. The molecule has 0 saturated heterocycles. The number of nitrogens with zero attached hydrogens (tertiary/aromatic N) is 1. The Morgan fingerprint density at radius 2 is 1.65 bits per heavy atom. The summed E-state index contributed by atoms with van der Waals surface area (Å²) in [5.74, 6) is 1.11. The molecular weight excluding hydrogens is 208 g/mol. The lowest BCUT2D eigenvalue weighted by Gasteiger charge is -2.28. The Labute approximate surface area is 106 Å². The summed E-state index contributed by atoms with van der Waals surface area (Å²) in [6.07, 6.45) is 11.7. The largest absolute Gasteiger partial charge is 0.310 e. The van der Waals surface area contributed by atoms with Gasteiger partial charge in [0.25, 0.3) is 0 Å². The zero-order valence-electron chi connectivity index (χ0n) is 11.1. The highest BCUT2D eigenvalue weighted by Gasteiger charge is 2.28. The Hall–Kier alpha value is -0.550. The predicted molar refractivity (Wildman–Crippen MR) is 70.5 cm³/mol. The summed E-state index contributed by atoms with van der Waals surface area (Å²) in [6, 6.07) is 3.59. The van der Waals surface area contributed by atoms with Crippen LogP contribution in [0.3, 0.4) is 0 Å². The predicted octanol–water partition coefficient (Wildman–Crippen LogP) is 3.63. The molecule has 0 aromatic heterocycles. The Morgan fingerprint density at radius 1 is 1.00 bits per heavy atom. The monoisotopic (exact) mass is 234 g/mol. The van der Waals surface area contributed by atoms with E-state index < -0.39 is 0 Å². The lowest BCUT2D eigenvalue weighted by Crippen LogP contribution is -2.43. The van der Waals surface area contributed by atoms with Gasteiger partial charge in [0.2, 0.25) is 0 Å². The summed E-state index contributed by atoms with van der Waals surface area (Å²) in [5, 5.41) is 13.1. The minimum absolute atomic E-state index is 0.251. The average Bonchev–Trinajstić information content (AvgIpc) is 2.78. The van der Waals surface area contributed by atoms with Gasteiger partial charge in [0.1, 0.15) is 0 Å². The van der Waals surface area contributed by atoms with E-state index in [1.165, 1.54) is 51.4 Å². The smallest absolute Gasteiger partial charge is 0.0672 e. The number of hydrogen-bond acceptors (Lipinski definition) is 2. The Balaban J connectivity index is 1.88. The molecule has 3 atom stereocenters. The van der Waals surface area contributed by atoms with Gasteiger partial charge in [-0.25, -0.2) is 0 Å². The van der Waals surface area contributed by atoms with Gasteiger partial charge in [-0.1, -0.05) is 32.1 Å². The van der Waals surface area contributed by atoms with Crippen molar-refractivity contribution in [3.8, 4) is 6.07 Å². The van der Waals surface area contributed by atoms with Gasteiger partial charge in [-0.2, -0.15) is 5.26 Å². The number of nitrogens with one attached hydrogen (secondary N) is 1. The van der Waals surface area contributed by atoms with Crippen LogP contribution in [-0.2, 0) is 0 Å². The molecule has 96 valence electrons. The van der Waals surface area contributed by atoms with Crippen LogP contribution in [-0.4, -0.2) is 12.1 Å². The Morgan fingerprint density at radius 3 is 2.35 bits per heavy atom. The van der Waals surface area contributed by atoms with Crippen LogP contribution in [0.4, 0.5) is 0 Å². The molecule has 2 saturated carbocycles. The molecule has 2 aliphatic carbocycles. The van der Waals surface area contributed by atoms with Crippen LogP contribution >= 0.6 is 0 Å². The number of nitriles is 1. The van der Waals surface area contributed by atoms with Gasteiger partial charge in [-0.05, 0) is 38.5 Å². The van der Waals surface area contributed by atoms with Gasteiger partial charge in [-0.3, -0.25) is 0 Å². The molecule has 2 nitrogen and oxygen atoms in total. The quantitative estimate of drug-likeness (QED) is 0.757. The summed E-state index contributed by atoms with van der Waals surface area (Å²) >= 11 is 0. The van der Waals surface area contributed by atoms with Crippen molar-refractivity contribution in [1.82, 2.24) is 5.32 Å². The van der Waals surface area contributed by atoms with Crippen molar-refractivity contribution < 1.29 is 0 Å². The van der Waals surface area contributed by atoms with Crippen LogP contribution in [0.2, 0.25) is 0 Å². The highest BCUT2D eigenvalue weighted by molar-refractivity contribution is 4.95. The molecule has 1 N–H and O–H groups in total. The second-order valence-electron chi connectivity index (χ2n) is 5.98. The fourth-order valence-corrected chi connectivity index (χ4v) is 3.59. The third-order valence-corrected chi connectivity index (χ3v) is 4.77. The molecule has 17 heavy (non-hydrogen) atoms. The summed E-state index contributed by atoms with van der Waals surface area (Å²) < 4.78 is 0. The second-order valence-corrected chi connectivity index (χ2v) is 5.98. The molecule has 0 radical (unpaired) electrons. The first-order valence-corrected chi connectivity index (χ1v) is 7.47. The number of rotatable bonds is 3. The van der Waals surface area contributed by atoms with E-state index in [1.54, 1.807) is 0 Å². The number of hydrogen-bond donors (Lipinski definition) is 1. The highest BCUT2D eigenvalue weighted by atomic mass is 15.0. The molecule has 2 heteroatoms. The van der Waals surface area contributed by atoms with Gasteiger partial charge < -0.3 is 5.32 Å². The van der Waals surface area contributed by atoms with Gasteiger partial charge >= 0.3 is 0 Å². The van der Waals surface area contributed by atoms with Crippen LogP contribution in [0.1, 0.15) is 64.7 Å². The summed E-state index contributed by atoms with van der Waals surface area (Å²) in [5.41, 5.74) is 0. The molecule has 2 unspecified atom stereocenters. The molecule has 0 aliphatic heterocycles. The summed E-state index contributed by atoms with van der Waals surface area (Å²) in [4.78, 5) is 0. The third kappa shape index (κ3) is 3.45. The molecule has 0 amide bonds. The minimum Gasteiger partial charge on any atom is -0.310 e. The lowest BCUT2D eigenvalue weighted by atomic mass is 9.92. The first-order chi connectivity index (χ1) is 8.31.